The maximum absolute atomic E-state index is 15.4. The molecule has 9 atom stereocenters. The first-order valence-electron chi connectivity index (χ1n) is 28.1. The van der Waals surface area contributed by atoms with Crippen LogP contribution in [0.5, 0.6) is 0 Å². The first kappa shape index (κ1) is 72.8. The molecule has 86 heavy (non-hydrogen) atoms. The summed E-state index contributed by atoms with van der Waals surface area (Å²) in [5.74, 6) is -11.6. The SMILES string of the molecule is C[C-](C)NCCCC[C@H](NC1OC1C)C(=O)N[C@@H](C)C(=O)N[C@H](C)C(=O)N[C@@H](CC(N)=O)C(=O)N[C@@H](CCN(C(=O)CO)[C@@H](c1cc(-c2cc(F)ccc2F)cn1Cc1ccccc1)C(C)(C)C)C(=O)NCCC(=O)N[C@H](CCC(=O)O)C(=O)O.[Am]. The van der Waals surface area contributed by atoms with Crippen molar-refractivity contribution < 1.29 is 91.1 Å². The molecule has 1 aliphatic rings. The molecular weight excluding hydrogens is 1360 g/mol. The van der Waals surface area contributed by atoms with Gasteiger partial charge in [0.05, 0.1) is 24.6 Å². The molecule has 25 nitrogen and oxygen atoms in total. The second kappa shape index (κ2) is 34.6. The van der Waals surface area contributed by atoms with E-state index in [0.29, 0.717) is 25.1 Å². The second-order valence-corrected chi connectivity index (χ2v) is 22.3. The molecule has 13 N–H and O–H groups in total. The minimum Gasteiger partial charge on any atom is -0.481 e. The molecule has 1 fully saturated rings. The number of nitrogens with two attached hydrogens (primary N) is 1. The molecule has 1 radical (unpaired) electrons. The molecular formula is C58H82AmF2N11O14-. The van der Waals surface area contributed by atoms with Crippen LogP contribution in [0, 0.1) is 37.4 Å². The molecule has 28 heteroatoms. The number of carbonyl (C=O) groups is 10. The summed E-state index contributed by atoms with van der Waals surface area (Å²) in [6, 6.07) is 5.24. The number of halogens is 2. The predicted molar refractivity (Wildman–Crippen MR) is 306 cm³/mol. The maximum Gasteiger partial charge on any atom is 0.326 e. The van der Waals surface area contributed by atoms with Crippen molar-refractivity contribution in [2.24, 2.45) is 11.1 Å². The van der Waals surface area contributed by atoms with E-state index in [1.807, 2.05) is 32.9 Å². The summed E-state index contributed by atoms with van der Waals surface area (Å²) in [5.41, 5.74) is 5.92. The molecule has 475 valence electrons. The maximum atomic E-state index is 15.4. The van der Waals surface area contributed by atoms with Crippen molar-refractivity contribution in [2.75, 3.05) is 26.2 Å². The number of unbranched alkanes of at least 4 members (excludes halogenated alkanes) is 1. The first-order chi connectivity index (χ1) is 40.0. The summed E-state index contributed by atoms with van der Waals surface area (Å²) < 4.78 is 37.3. The number of aliphatic hydroxyl groups is 1. The van der Waals surface area contributed by atoms with Crippen molar-refractivity contribution >= 4 is 59.2 Å². The topological polar surface area (TPSA) is 374 Å². The van der Waals surface area contributed by atoms with Gasteiger partial charge in [-0.2, -0.15) is 13.8 Å². The van der Waals surface area contributed by atoms with Crippen LogP contribution in [0.15, 0.2) is 60.8 Å². The van der Waals surface area contributed by atoms with Gasteiger partial charge in [0.2, 0.25) is 47.3 Å². The number of carboxylic acid groups (broad SMARTS) is 2. The summed E-state index contributed by atoms with van der Waals surface area (Å²) in [6.45, 7) is 12.6. The molecule has 2 aromatic carbocycles. The fourth-order valence-corrected chi connectivity index (χ4v) is 9.28. The quantitative estimate of drug-likeness (QED) is 0.0224. The molecule has 8 amide bonds. The molecule has 0 spiro atoms. The molecule has 1 saturated heterocycles. The summed E-state index contributed by atoms with van der Waals surface area (Å²) in [4.78, 5) is 133. The Kier molecular flexibility index (Phi) is 29.3. The number of benzene rings is 2. The number of epoxide rings is 1. The van der Waals surface area contributed by atoms with Crippen molar-refractivity contribution in [3.63, 3.8) is 0 Å². The van der Waals surface area contributed by atoms with Gasteiger partial charge in [0, 0.05) is 69.8 Å². The summed E-state index contributed by atoms with van der Waals surface area (Å²) in [5, 5.41) is 50.1. The number of carboxylic acids is 2. The van der Waals surface area contributed by atoms with E-state index in [0.717, 1.165) is 36.2 Å². The Hall–Kier alpha value is -7.49. The van der Waals surface area contributed by atoms with Crippen LogP contribution in [0.4, 0.5) is 8.78 Å². The molecule has 1 aromatic heterocycles. The number of aliphatic carboxylic acids is 2. The van der Waals surface area contributed by atoms with Crippen LogP contribution in [0.1, 0.15) is 124 Å². The predicted octanol–water partition coefficient (Wildman–Crippen LogP) is 1.61. The number of ether oxygens (including phenoxy) is 1. The first-order valence-corrected chi connectivity index (χ1v) is 28.1. The molecule has 2 unspecified atom stereocenters. The van der Waals surface area contributed by atoms with Crippen LogP contribution < -0.4 is 48.3 Å². The number of carbonyl (C=O) groups excluding carboxylic acids is 8. The van der Waals surface area contributed by atoms with Gasteiger partial charge in [-0.3, -0.25) is 54.5 Å². The number of nitrogens with zero attached hydrogens (tertiary/aromatic N) is 2. The van der Waals surface area contributed by atoms with Gasteiger partial charge in [-0.15, -0.1) is 0 Å². The zero-order valence-electron chi connectivity index (χ0n) is 49.6. The Morgan fingerprint density at radius 3 is 1.95 bits per heavy atom. The van der Waals surface area contributed by atoms with Crippen LogP contribution in [0.3, 0.4) is 0 Å². The van der Waals surface area contributed by atoms with E-state index >= 15 is 4.39 Å². The zero-order chi connectivity index (χ0) is 63.3. The van der Waals surface area contributed by atoms with Gasteiger partial charge in [-0.05, 0) is 88.2 Å². The molecule has 2 heterocycles. The number of amides is 8. The fourth-order valence-electron chi connectivity index (χ4n) is 9.28. The van der Waals surface area contributed by atoms with Gasteiger partial charge in [-0.1, -0.05) is 57.5 Å². The van der Waals surface area contributed by atoms with Gasteiger partial charge in [0.25, 0.3) is 0 Å². The molecule has 3 aromatic rings. The summed E-state index contributed by atoms with van der Waals surface area (Å²) in [7, 11) is 0. The minimum absolute atomic E-state index is 0. The number of primary amides is 1. The van der Waals surface area contributed by atoms with Crippen LogP contribution in [0.25, 0.3) is 11.1 Å². The van der Waals surface area contributed by atoms with Crippen LogP contribution in [0.2, 0.25) is 0 Å². The van der Waals surface area contributed by atoms with Crippen molar-refractivity contribution in [1.29, 1.82) is 0 Å². The number of aromatic nitrogens is 1. The van der Waals surface area contributed by atoms with E-state index in [9.17, 15) is 62.5 Å². The molecule has 0 bridgehead atoms. The normalized spacial score (nSPS) is 16.1. The Bertz CT molecular complexity index is 2820. The Morgan fingerprint density at radius 1 is 0.756 bits per heavy atom. The van der Waals surface area contributed by atoms with E-state index in [1.54, 1.807) is 55.8 Å². The Balaban J connectivity index is 0.0000194. The average molecular weight is 1440 g/mol. The van der Waals surface area contributed by atoms with Crippen LogP contribution in [-0.4, -0.2) is 159 Å². The van der Waals surface area contributed by atoms with Crippen LogP contribution in [-0.2, 0) is 59.2 Å². The second-order valence-electron chi connectivity index (χ2n) is 22.3. The monoisotopic (exact) mass is 1440 g/mol. The summed E-state index contributed by atoms with van der Waals surface area (Å²) in [6.07, 6.45) is 0.0809. The number of hydrogen-bond donors (Lipinski definition) is 12. The van der Waals surface area contributed by atoms with E-state index in [-0.39, 0.29) is 44.3 Å². The van der Waals surface area contributed by atoms with E-state index in [4.69, 9.17) is 15.6 Å². The fraction of sp³-hybridized carbons (Fsp3) is 0.534. The van der Waals surface area contributed by atoms with Gasteiger partial charge in [0.1, 0.15) is 54.7 Å². The van der Waals surface area contributed by atoms with Gasteiger partial charge in [0.15, 0.2) is 0 Å². The Labute approximate surface area is 506 Å². The van der Waals surface area contributed by atoms with Crippen molar-refractivity contribution in [2.45, 2.75) is 168 Å². The summed E-state index contributed by atoms with van der Waals surface area (Å²) >= 11 is 0. The van der Waals surface area contributed by atoms with Gasteiger partial charge in [-0.25, -0.2) is 13.6 Å². The van der Waals surface area contributed by atoms with E-state index < -0.39 is 170 Å². The number of nitrogens with one attached hydrogen (secondary N) is 8. The third kappa shape index (κ3) is 23.8. The molecule has 0 aliphatic carbocycles. The zero-order valence-corrected chi connectivity index (χ0v) is 52.7. The molecule has 1 aliphatic heterocycles. The number of hydrogen-bond acceptors (Lipinski definition) is 14. The average Bonchev–Trinajstić information content (AvgIpc) is 2.24. The minimum atomic E-state index is -1.81. The number of rotatable bonds is 36. The standard InChI is InChI=1S/C58H82F2N11O14.Am/c1-32(2)62-23-13-12-16-41(69-56-35(5)85-56)54(81)65-33(3)51(78)64-34(4)52(79)68-44(28-46(61)73)55(82)67-42(53(80)63-24-21-47(74)66-43(57(83)84)19-20-49(76)77)22-25-71(48(75)31-72)50(58(6,7)8)45-26-37(39-27-38(59)17-18-40(39)60)30-70(45)29-36-14-10-9-11-15-36;/h9-11,14-15,17-18,26-27,30,33-35,41-44,50,56,62,69,72H,12-13,16,19-25,28-29,31H2,1-8H3,(H2,61,73)(H,63,80)(H,64,78)(H,65,81)(H,66,74)(H,67,82)(H,68,79)(H,76,77)(H,83,84);/q-1;/t33-,34+,35?,41-,42-,43+,44-,50-,56?;/m0./s1. The van der Waals surface area contributed by atoms with Crippen molar-refractivity contribution in [3.05, 3.63) is 89.7 Å². The van der Waals surface area contributed by atoms with Crippen LogP contribution >= 0.6 is 0 Å². The van der Waals surface area contributed by atoms with Gasteiger partial charge < -0.3 is 72.5 Å². The van der Waals surface area contributed by atoms with E-state index in [1.165, 1.54) is 18.7 Å². The van der Waals surface area contributed by atoms with Gasteiger partial charge >= 0.3 is 11.9 Å². The Morgan fingerprint density at radius 2 is 1.37 bits per heavy atom. The van der Waals surface area contributed by atoms with Crippen molar-refractivity contribution in [3.8, 4) is 11.1 Å². The largest absolute Gasteiger partial charge is 0.481 e. The third-order valence-corrected chi connectivity index (χ3v) is 13.8. The van der Waals surface area contributed by atoms with Crippen molar-refractivity contribution in [1.82, 2.24) is 52.0 Å². The number of aliphatic hydroxyl groups excluding tert-OH is 1. The molecule has 0 saturated carbocycles. The smallest absolute Gasteiger partial charge is 0.326 e. The third-order valence-electron chi connectivity index (χ3n) is 13.8. The van der Waals surface area contributed by atoms with E-state index in [2.05, 4.69) is 42.5 Å². The molecule has 4 rings (SSSR count).